The van der Waals surface area contributed by atoms with Crippen molar-refractivity contribution in [2.75, 3.05) is 0 Å². The van der Waals surface area contributed by atoms with E-state index in [0.29, 0.717) is 11.5 Å². The third-order valence-corrected chi connectivity index (χ3v) is 4.74. The van der Waals surface area contributed by atoms with Crippen molar-refractivity contribution in [2.45, 2.75) is 20.5 Å². The predicted octanol–water partition coefficient (Wildman–Crippen LogP) is 4.55. The van der Waals surface area contributed by atoms with Crippen LogP contribution in [0.1, 0.15) is 27.5 Å². The van der Waals surface area contributed by atoms with Crippen molar-refractivity contribution >= 4 is 17.6 Å². The molecule has 2 heterocycles. The highest BCUT2D eigenvalue weighted by molar-refractivity contribution is 6.33. The number of carbonyl (C=O) groups is 1. The summed E-state index contributed by atoms with van der Waals surface area (Å²) in [4.78, 5) is 16.9. The Morgan fingerprint density at radius 2 is 1.83 bits per heavy atom. The molecule has 0 aliphatic heterocycles. The van der Waals surface area contributed by atoms with Gasteiger partial charge in [0, 0.05) is 5.56 Å². The number of aryl methyl sites for hydroxylation is 2. The van der Waals surface area contributed by atoms with E-state index in [-0.39, 0.29) is 23.2 Å². The SMILES string of the molecule is Cc1ccccc1-c1noc(COC(=O)c2c(C)nn(-c3ccccc3)c2Cl)n1. The van der Waals surface area contributed by atoms with Crippen LogP contribution >= 0.6 is 11.6 Å². The lowest BCUT2D eigenvalue weighted by Gasteiger charge is -2.03. The van der Waals surface area contributed by atoms with Crippen LogP contribution in [0.4, 0.5) is 0 Å². The minimum Gasteiger partial charge on any atom is -0.452 e. The third-order valence-electron chi connectivity index (χ3n) is 4.39. The van der Waals surface area contributed by atoms with E-state index in [1.807, 2.05) is 61.5 Å². The van der Waals surface area contributed by atoms with Gasteiger partial charge in [-0.25, -0.2) is 9.48 Å². The van der Waals surface area contributed by atoms with Crippen LogP contribution in [-0.4, -0.2) is 25.9 Å². The zero-order valence-corrected chi connectivity index (χ0v) is 16.6. The summed E-state index contributed by atoms with van der Waals surface area (Å²) in [6, 6.07) is 17.0. The number of hydrogen-bond donors (Lipinski definition) is 0. The highest BCUT2D eigenvalue weighted by Crippen LogP contribution is 2.25. The van der Waals surface area contributed by atoms with Gasteiger partial charge >= 0.3 is 5.97 Å². The summed E-state index contributed by atoms with van der Waals surface area (Å²) in [5.41, 5.74) is 3.30. The Hall–Kier alpha value is -3.45. The van der Waals surface area contributed by atoms with E-state index >= 15 is 0 Å². The van der Waals surface area contributed by atoms with Gasteiger partial charge in [0.2, 0.25) is 5.82 Å². The fraction of sp³-hybridized carbons (Fsp3) is 0.143. The molecule has 146 valence electrons. The van der Waals surface area contributed by atoms with Gasteiger partial charge in [-0.3, -0.25) is 0 Å². The minimum absolute atomic E-state index is 0.163. The maximum atomic E-state index is 12.6. The van der Waals surface area contributed by atoms with Crippen LogP contribution in [0, 0.1) is 13.8 Å². The number of ether oxygens (including phenoxy) is 1. The number of nitrogens with zero attached hydrogens (tertiary/aromatic N) is 4. The highest BCUT2D eigenvalue weighted by Gasteiger charge is 2.23. The Labute approximate surface area is 171 Å². The first-order chi connectivity index (χ1) is 14.0. The van der Waals surface area contributed by atoms with Crippen molar-refractivity contribution in [3.8, 4) is 17.1 Å². The summed E-state index contributed by atoms with van der Waals surface area (Å²) < 4.78 is 12.0. The van der Waals surface area contributed by atoms with E-state index in [1.54, 1.807) is 6.92 Å². The Morgan fingerprint density at radius 3 is 2.59 bits per heavy atom. The van der Waals surface area contributed by atoms with Crippen molar-refractivity contribution in [1.29, 1.82) is 0 Å². The molecule has 0 aliphatic rings. The molecule has 2 aromatic heterocycles. The van der Waals surface area contributed by atoms with Gasteiger partial charge in [0.15, 0.2) is 6.61 Å². The van der Waals surface area contributed by atoms with Crippen LogP contribution in [0.5, 0.6) is 0 Å². The third kappa shape index (κ3) is 3.77. The van der Waals surface area contributed by atoms with E-state index < -0.39 is 5.97 Å². The molecule has 0 amide bonds. The highest BCUT2D eigenvalue weighted by atomic mass is 35.5. The van der Waals surface area contributed by atoms with Gasteiger partial charge in [-0.2, -0.15) is 10.1 Å². The molecular formula is C21H17ClN4O3. The van der Waals surface area contributed by atoms with Crippen molar-refractivity contribution in [2.24, 2.45) is 0 Å². The number of rotatable bonds is 5. The molecule has 0 N–H and O–H groups in total. The van der Waals surface area contributed by atoms with Gasteiger partial charge in [-0.05, 0) is 31.5 Å². The Morgan fingerprint density at radius 1 is 1.10 bits per heavy atom. The lowest BCUT2D eigenvalue weighted by Crippen LogP contribution is -2.07. The molecule has 0 aliphatic carbocycles. The van der Waals surface area contributed by atoms with Crippen LogP contribution in [0.3, 0.4) is 0 Å². The fourth-order valence-electron chi connectivity index (χ4n) is 2.92. The standard InChI is InChI=1S/C21H17ClN4O3/c1-13-8-6-7-11-16(13)20-23-17(29-25-20)12-28-21(27)18-14(2)24-26(19(18)22)15-9-4-3-5-10-15/h3-11H,12H2,1-2H3. The maximum absolute atomic E-state index is 12.6. The quantitative estimate of drug-likeness (QED) is 0.450. The molecule has 8 heteroatoms. The topological polar surface area (TPSA) is 83.0 Å². The number of esters is 1. The summed E-state index contributed by atoms with van der Waals surface area (Å²) in [5.74, 6) is 0.0337. The van der Waals surface area contributed by atoms with Crippen molar-refractivity contribution < 1.29 is 14.1 Å². The first-order valence-electron chi connectivity index (χ1n) is 8.91. The van der Waals surface area contributed by atoms with Crippen LogP contribution in [0.25, 0.3) is 17.1 Å². The molecule has 0 bridgehead atoms. The molecule has 2 aromatic carbocycles. The molecular weight excluding hydrogens is 392 g/mol. The van der Waals surface area contributed by atoms with E-state index in [1.165, 1.54) is 4.68 Å². The number of hydrogen-bond acceptors (Lipinski definition) is 6. The average Bonchev–Trinajstić information content (AvgIpc) is 3.31. The second-order valence-corrected chi connectivity index (χ2v) is 6.76. The molecule has 4 rings (SSSR count). The molecule has 7 nitrogen and oxygen atoms in total. The van der Waals surface area contributed by atoms with Crippen LogP contribution < -0.4 is 0 Å². The zero-order chi connectivity index (χ0) is 20.4. The molecule has 0 unspecified atom stereocenters. The molecule has 0 spiro atoms. The average molecular weight is 409 g/mol. The normalized spacial score (nSPS) is 10.9. The molecule has 0 saturated carbocycles. The van der Waals surface area contributed by atoms with Crippen LogP contribution in [-0.2, 0) is 11.3 Å². The number of benzene rings is 2. The molecule has 0 saturated heterocycles. The van der Waals surface area contributed by atoms with Gasteiger partial charge in [0.25, 0.3) is 5.89 Å². The number of carbonyl (C=O) groups excluding carboxylic acids is 1. The van der Waals surface area contributed by atoms with Gasteiger partial charge in [0.05, 0.1) is 11.4 Å². The predicted molar refractivity (Wildman–Crippen MR) is 107 cm³/mol. The van der Waals surface area contributed by atoms with E-state index in [2.05, 4.69) is 15.2 Å². The van der Waals surface area contributed by atoms with Crippen molar-refractivity contribution in [1.82, 2.24) is 19.9 Å². The van der Waals surface area contributed by atoms with E-state index in [0.717, 1.165) is 16.8 Å². The molecule has 0 radical (unpaired) electrons. The Balaban J connectivity index is 1.50. The van der Waals surface area contributed by atoms with Gasteiger partial charge in [-0.1, -0.05) is 59.2 Å². The first kappa shape index (κ1) is 18.9. The molecule has 4 aromatic rings. The number of halogens is 1. The second kappa shape index (κ2) is 7.89. The molecule has 29 heavy (non-hydrogen) atoms. The summed E-state index contributed by atoms with van der Waals surface area (Å²) in [6.07, 6.45) is 0. The van der Waals surface area contributed by atoms with Crippen molar-refractivity contribution in [3.05, 3.63) is 82.5 Å². The lowest BCUT2D eigenvalue weighted by atomic mass is 10.1. The van der Waals surface area contributed by atoms with E-state index in [9.17, 15) is 4.79 Å². The minimum atomic E-state index is -0.606. The summed E-state index contributed by atoms with van der Waals surface area (Å²) in [6.45, 7) is 3.50. The fourth-order valence-corrected chi connectivity index (χ4v) is 3.27. The van der Waals surface area contributed by atoms with Crippen LogP contribution in [0.15, 0.2) is 59.1 Å². The number of para-hydroxylation sites is 1. The van der Waals surface area contributed by atoms with Gasteiger partial charge in [0.1, 0.15) is 10.7 Å². The van der Waals surface area contributed by atoms with E-state index in [4.69, 9.17) is 20.9 Å². The lowest BCUT2D eigenvalue weighted by molar-refractivity contribution is 0.0429. The number of aromatic nitrogens is 4. The Bertz CT molecular complexity index is 1170. The first-order valence-corrected chi connectivity index (χ1v) is 9.28. The molecule has 0 fully saturated rings. The largest absolute Gasteiger partial charge is 0.452 e. The second-order valence-electron chi connectivity index (χ2n) is 6.40. The van der Waals surface area contributed by atoms with Gasteiger partial charge < -0.3 is 9.26 Å². The van der Waals surface area contributed by atoms with Crippen molar-refractivity contribution in [3.63, 3.8) is 0 Å². The summed E-state index contributed by atoms with van der Waals surface area (Å²) in [7, 11) is 0. The zero-order valence-electron chi connectivity index (χ0n) is 15.8. The molecule has 0 atom stereocenters. The van der Waals surface area contributed by atoms with Gasteiger partial charge in [-0.15, -0.1) is 0 Å². The summed E-state index contributed by atoms with van der Waals surface area (Å²) >= 11 is 6.39. The smallest absolute Gasteiger partial charge is 0.343 e. The van der Waals surface area contributed by atoms with Crippen LogP contribution in [0.2, 0.25) is 5.15 Å². The monoisotopic (exact) mass is 408 g/mol. The summed E-state index contributed by atoms with van der Waals surface area (Å²) in [5, 5.41) is 8.48. The maximum Gasteiger partial charge on any atom is 0.343 e. The Kier molecular flexibility index (Phi) is 5.14.